The first-order valence-electron chi connectivity index (χ1n) is 7.15. The monoisotopic (exact) mass is 277 g/mol. The number of benzene rings is 1. The highest BCUT2D eigenvalue weighted by atomic mass is 16.3. The molecule has 1 aromatic rings. The minimum absolute atomic E-state index is 0.226. The van der Waals surface area contributed by atoms with Gasteiger partial charge in [0.2, 0.25) is 0 Å². The molecule has 1 heterocycles. The fraction of sp³-hybridized carbons (Fsp3) is 0.533. The highest BCUT2D eigenvalue weighted by molar-refractivity contribution is 5.73. The number of rotatable bonds is 5. The molecule has 5 nitrogen and oxygen atoms in total. The summed E-state index contributed by atoms with van der Waals surface area (Å²) in [6.45, 7) is 3.89. The van der Waals surface area contributed by atoms with E-state index in [4.69, 9.17) is 0 Å². The van der Waals surface area contributed by atoms with Crippen molar-refractivity contribution in [2.24, 2.45) is 0 Å². The molecule has 0 radical (unpaired) electrons. The summed E-state index contributed by atoms with van der Waals surface area (Å²) in [6.07, 6.45) is 1.24. The Morgan fingerprint density at radius 3 is 3.00 bits per heavy atom. The summed E-state index contributed by atoms with van der Waals surface area (Å²) in [5.41, 5.74) is 3.35. The molecule has 1 aliphatic rings. The Bertz CT molecular complexity index is 476. The second-order valence-corrected chi connectivity index (χ2v) is 5.21. The number of hydrogen-bond donors (Lipinski definition) is 3. The van der Waals surface area contributed by atoms with Gasteiger partial charge in [-0.05, 0) is 30.0 Å². The maximum absolute atomic E-state index is 11.4. The van der Waals surface area contributed by atoms with Gasteiger partial charge in [0, 0.05) is 32.4 Å². The van der Waals surface area contributed by atoms with Gasteiger partial charge in [-0.25, -0.2) is 4.79 Å². The summed E-state index contributed by atoms with van der Waals surface area (Å²) in [7, 11) is 2.07. The van der Waals surface area contributed by atoms with Crippen molar-refractivity contribution in [3.8, 4) is 0 Å². The highest BCUT2D eigenvalue weighted by Gasteiger charge is 2.18. The van der Waals surface area contributed by atoms with Gasteiger partial charge in [0.25, 0.3) is 0 Å². The molecule has 1 aliphatic heterocycles. The lowest BCUT2D eigenvalue weighted by Crippen LogP contribution is -2.38. The van der Waals surface area contributed by atoms with Crippen LogP contribution in [-0.4, -0.2) is 37.8 Å². The fourth-order valence-electron chi connectivity index (χ4n) is 2.40. The topological polar surface area (TPSA) is 64.6 Å². The number of likely N-dealkylation sites (N-methyl/N-ethyl adjacent to an activating group) is 1. The Labute approximate surface area is 120 Å². The van der Waals surface area contributed by atoms with E-state index in [1.807, 2.05) is 25.1 Å². The Balaban J connectivity index is 1.90. The predicted molar refractivity (Wildman–Crippen MR) is 80.1 cm³/mol. The number of aliphatic hydroxyl groups is 1. The van der Waals surface area contributed by atoms with Crippen molar-refractivity contribution in [1.29, 1.82) is 0 Å². The molecule has 5 heteroatoms. The average Bonchev–Trinajstić information content (AvgIpc) is 2.83. The van der Waals surface area contributed by atoms with Gasteiger partial charge in [-0.15, -0.1) is 0 Å². The number of amides is 2. The summed E-state index contributed by atoms with van der Waals surface area (Å²) >= 11 is 0. The van der Waals surface area contributed by atoms with Crippen molar-refractivity contribution in [3.05, 3.63) is 29.3 Å². The molecule has 2 rings (SSSR count). The lowest BCUT2D eigenvalue weighted by atomic mass is 10.0. The second kappa shape index (κ2) is 6.61. The van der Waals surface area contributed by atoms with Crippen LogP contribution >= 0.6 is 0 Å². The number of nitrogens with zero attached hydrogens (tertiary/aromatic N) is 1. The minimum Gasteiger partial charge on any atom is -0.387 e. The predicted octanol–water partition coefficient (Wildman–Crippen LogP) is 1.42. The molecule has 20 heavy (non-hydrogen) atoms. The third kappa shape index (κ3) is 3.42. The van der Waals surface area contributed by atoms with Gasteiger partial charge in [-0.2, -0.15) is 0 Å². The van der Waals surface area contributed by atoms with Gasteiger partial charge in [0.05, 0.1) is 6.10 Å². The lowest BCUT2D eigenvalue weighted by molar-refractivity contribution is 0.173. The smallest absolute Gasteiger partial charge is 0.314 e. The van der Waals surface area contributed by atoms with Crippen molar-refractivity contribution < 1.29 is 9.90 Å². The molecular weight excluding hydrogens is 254 g/mol. The summed E-state index contributed by atoms with van der Waals surface area (Å²) in [5.74, 6) is 0. The van der Waals surface area contributed by atoms with E-state index in [1.54, 1.807) is 0 Å². The normalized spacial score (nSPS) is 14.8. The summed E-state index contributed by atoms with van der Waals surface area (Å²) in [4.78, 5) is 13.6. The number of hydrogen-bond acceptors (Lipinski definition) is 3. The number of aliphatic hydroxyl groups excluding tert-OH is 1. The van der Waals surface area contributed by atoms with Crippen molar-refractivity contribution in [1.82, 2.24) is 10.6 Å². The zero-order valence-corrected chi connectivity index (χ0v) is 12.1. The fourth-order valence-corrected chi connectivity index (χ4v) is 2.40. The Hall–Kier alpha value is -1.75. The summed E-state index contributed by atoms with van der Waals surface area (Å²) in [6, 6.07) is 5.77. The van der Waals surface area contributed by atoms with E-state index in [9.17, 15) is 9.90 Å². The second-order valence-electron chi connectivity index (χ2n) is 5.21. The highest BCUT2D eigenvalue weighted by Crippen LogP contribution is 2.29. The van der Waals surface area contributed by atoms with E-state index in [0.717, 1.165) is 24.9 Å². The molecule has 0 saturated carbocycles. The van der Waals surface area contributed by atoms with Crippen LogP contribution in [0.4, 0.5) is 10.5 Å². The molecule has 2 amide bonds. The molecule has 0 fully saturated rings. The first-order chi connectivity index (χ1) is 9.61. The van der Waals surface area contributed by atoms with Crippen molar-refractivity contribution in [3.63, 3.8) is 0 Å². The molecular formula is C15H23N3O2. The van der Waals surface area contributed by atoms with Crippen molar-refractivity contribution in [2.45, 2.75) is 25.9 Å². The molecule has 3 N–H and O–H groups in total. The zero-order valence-electron chi connectivity index (χ0n) is 12.1. The SMILES string of the molecule is CCCNC(=O)NCC(O)c1ccc2c(c1)CCN2C. The summed E-state index contributed by atoms with van der Waals surface area (Å²) in [5, 5.41) is 15.5. The van der Waals surface area contributed by atoms with Crippen molar-refractivity contribution in [2.75, 3.05) is 31.6 Å². The van der Waals surface area contributed by atoms with Gasteiger partial charge < -0.3 is 20.6 Å². The quantitative estimate of drug-likeness (QED) is 0.762. The summed E-state index contributed by atoms with van der Waals surface area (Å²) < 4.78 is 0. The minimum atomic E-state index is -0.668. The first kappa shape index (κ1) is 14.7. The molecule has 0 aromatic heterocycles. The van der Waals surface area contributed by atoms with Crippen LogP contribution in [0.25, 0.3) is 0 Å². The van der Waals surface area contributed by atoms with Crippen LogP contribution in [0.5, 0.6) is 0 Å². The molecule has 1 aromatic carbocycles. The lowest BCUT2D eigenvalue weighted by Gasteiger charge is -2.15. The van der Waals surface area contributed by atoms with Crippen LogP contribution in [-0.2, 0) is 6.42 Å². The van der Waals surface area contributed by atoms with E-state index in [1.165, 1.54) is 11.3 Å². The van der Waals surface area contributed by atoms with Crippen LogP contribution < -0.4 is 15.5 Å². The van der Waals surface area contributed by atoms with Crippen LogP contribution in [0.15, 0.2) is 18.2 Å². The average molecular weight is 277 g/mol. The van der Waals surface area contributed by atoms with Gasteiger partial charge in [0.15, 0.2) is 0 Å². The Kier molecular flexibility index (Phi) is 4.84. The van der Waals surface area contributed by atoms with Gasteiger partial charge >= 0.3 is 6.03 Å². The van der Waals surface area contributed by atoms with Crippen LogP contribution in [0.2, 0.25) is 0 Å². The molecule has 0 aliphatic carbocycles. The number of fused-ring (bicyclic) bond motifs is 1. The number of nitrogens with one attached hydrogen (secondary N) is 2. The number of anilines is 1. The third-order valence-corrected chi connectivity index (χ3v) is 3.61. The maximum atomic E-state index is 11.4. The largest absolute Gasteiger partial charge is 0.387 e. The van der Waals surface area contributed by atoms with E-state index in [0.29, 0.717) is 6.54 Å². The molecule has 0 bridgehead atoms. The Morgan fingerprint density at radius 1 is 1.45 bits per heavy atom. The van der Waals surface area contributed by atoms with E-state index >= 15 is 0 Å². The third-order valence-electron chi connectivity index (χ3n) is 3.61. The van der Waals surface area contributed by atoms with E-state index in [2.05, 4.69) is 22.6 Å². The molecule has 0 spiro atoms. The standard InChI is InChI=1S/C15H23N3O2/c1-3-7-16-15(20)17-10-14(19)12-4-5-13-11(9-12)6-8-18(13)2/h4-5,9,14,19H,3,6-8,10H2,1-2H3,(H2,16,17,20). The molecule has 1 unspecified atom stereocenters. The number of carbonyl (C=O) groups is 1. The first-order valence-corrected chi connectivity index (χ1v) is 7.15. The van der Waals surface area contributed by atoms with E-state index in [-0.39, 0.29) is 12.6 Å². The van der Waals surface area contributed by atoms with Gasteiger partial charge in [-0.3, -0.25) is 0 Å². The van der Waals surface area contributed by atoms with Crippen LogP contribution in [0, 0.1) is 0 Å². The maximum Gasteiger partial charge on any atom is 0.314 e. The molecule has 1 atom stereocenters. The number of carbonyl (C=O) groups excluding carboxylic acids is 1. The van der Waals surface area contributed by atoms with Crippen LogP contribution in [0.1, 0.15) is 30.6 Å². The zero-order chi connectivity index (χ0) is 14.5. The Morgan fingerprint density at radius 2 is 2.25 bits per heavy atom. The molecule has 110 valence electrons. The number of urea groups is 1. The van der Waals surface area contributed by atoms with Crippen molar-refractivity contribution >= 4 is 11.7 Å². The van der Waals surface area contributed by atoms with Crippen LogP contribution in [0.3, 0.4) is 0 Å². The van der Waals surface area contributed by atoms with E-state index < -0.39 is 6.10 Å². The molecule has 0 saturated heterocycles. The van der Waals surface area contributed by atoms with Gasteiger partial charge in [-0.1, -0.05) is 19.1 Å². The van der Waals surface area contributed by atoms with Gasteiger partial charge in [0.1, 0.15) is 0 Å².